The third-order valence-electron chi connectivity index (χ3n) is 3.88. The minimum absolute atomic E-state index is 0.170. The van der Waals surface area contributed by atoms with Crippen molar-refractivity contribution in [2.75, 3.05) is 13.1 Å². The molecule has 1 rings (SSSR count). The molecular formula is C18H31NO. The third kappa shape index (κ3) is 8.19. The van der Waals surface area contributed by atoms with Gasteiger partial charge in [-0.05, 0) is 25.7 Å². The molecule has 1 aliphatic rings. The quantitative estimate of drug-likeness (QED) is 0.317. The Kier molecular flexibility index (Phi) is 9.99. The maximum atomic E-state index is 11.7. The minimum atomic E-state index is 0.170. The van der Waals surface area contributed by atoms with E-state index in [1.807, 2.05) is 17.1 Å². The highest BCUT2D eigenvalue weighted by Gasteiger charge is 2.14. The molecule has 0 spiro atoms. The smallest absolute Gasteiger partial charge is 0.246 e. The summed E-state index contributed by atoms with van der Waals surface area (Å²) in [6.07, 6.45) is 20.7. The van der Waals surface area contributed by atoms with Crippen LogP contribution in [0.5, 0.6) is 0 Å². The monoisotopic (exact) mass is 277 g/mol. The van der Waals surface area contributed by atoms with Crippen LogP contribution < -0.4 is 0 Å². The molecule has 2 nitrogen and oxygen atoms in total. The average Bonchev–Trinajstić information content (AvgIpc) is 2.99. The van der Waals surface area contributed by atoms with Gasteiger partial charge in [0, 0.05) is 19.2 Å². The second-order valence-electron chi connectivity index (χ2n) is 5.73. The number of nitrogens with zero attached hydrogens (tertiary/aromatic N) is 1. The van der Waals surface area contributed by atoms with Crippen LogP contribution in [0.3, 0.4) is 0 Å². The van der Waals surface area contributed by atoms with Crippen molar-refractivity contribution >= 4 is 5.91 Å². The van der Waals surface area contributed by atoms with E-state index in [2.05, 4.69) is 13.0 Å². The third-order valence-corrected chi connectivity index (χ3v) is 3.88. The Morgan fingerprint density at radius 2 is 1.60 bits per heavy atom. The minimum Gasteiger partial charge on any atom is -0.339 e. The van der Waals surface area contributed by atoms with E-state index >= 15 is 0 Å². The maximum absolute atomic E-state index is 11.7. The van der Waals surface area contributed by atoms with Crippen molar-refractivity contribution in [3.63, 3.8) is 0 Å². The molecule has 2 heteroatoms. The number of rotatable bonds is 10. The summed E-state index contributed by atoms with van der Waals surface area (Å²) < 4.78 is 0. The first-order valence-corrected chi connectivity index (χ1v) is 8.46. The van der Waals surface area contributed by atoms with Crippen LogP contribution >= 0.6 is 0 Å². The standard InChI is InChI=1S/C18H31NO/c1-2-3-4-5-6-7-8-9-10-11-12-15-18(20)19-16-13-14-17-19/h10-12,15H,2-9,13-14,16-17H2,1H3/b11-10+,15-12+. The van der Waals surface area contributed by atoms with Gasteiger partial charge in [0.25, 0.3) is 0 Å². The largest absolute Gasteiger partial charge is 0.339 e. The van der Waals surface area contributed by atoms with Crippen LogP contribution in [0.2, 0.25) is 0 Å². The van der Waals surface area contributed by atoms with Gasteiger partial charge in [-0.3, -0.25) is 4.79 Å². The molecule has 0 aliphatic carbocycles. The molecule has 0 bridgehead atoms. The van der Waals surface area contributed by atoms with E-state index < -0.39 is 0 Å². The number of unbranched alkanes of at least 4 members (excludes halogenated alkanes) is 7. The van der Waals surface area contributed by atoms with Crippen molar-refractivity contribution in [2.45, 2.75) is 71.1 Å². The number of carbonyl (C=O) groups is 1. The van der Waals surface area contributed by atoms with E-state index in [1.54, 1.807) is 6.08 Å². The second kappa shape index (κ2) is 11.7. The van der Waals surface area contributed by atoms with Crippen LogP contribution in [-0.2, 0) is 4.79 Å². The predicted molar refractivity (Wildman–Crippen MR) is 86.7 cm³/mol. The van der Waals surface area contributed by atoms with Gasteiger partial charge in [-0.15, -0.1) is 0 Å². The predicted octanol–water partition coefficient (Wildman–Crippen LogP) is 4.86. The van der Waals surface area contributed by atoms with Gasteiger partial charge >= 0.3 is 0 Å². The zero-order chi connectivity index (χ0) is 14.5. The van der Waals surface area contributed by atoms with E-state index in [-0.39, 0.29) is 5.91 Å². The maximum Gasteiger partial charge on any atom is 0.246 e. The summed E-state index contributed by atoms with van der Waals surface area (Å²) in [6.45, 7) is 4.13. The van der Waals surface area contributed by atoms with Crippen LogP contribution in [0.25, 0.3) is 0 Å². The lowest BCUT2D eigenvalue weighted by molar-refractivity contribution is -0.124. The Balaban J connectivity index is 1.94. The molecule has 114 valence electrons. The highest BCUT2D eigenvalue weighted by molar-refractivity contribution is 5.88. The van der Waals surface area contributed by atoms with Gasteiger partial charge in [0.15, 0.2) is 0 Å². The van der Waals surface area contributed by atoms with Crippen molar-refractivity contribution in [1.82, 2.24) is 4.90 Å². The van der Waals surface area contributed by atoms with E-state index in [9.17, 15) is 4.79 Å². The lowest BCUT2D eigenvalue weighted by Gasteiger charge is -2.11. The molecule has 0 aromatic rings. The Bertz CT molecular complexity index is 301. The second-order valence-corrected chi connectivity index (χ2v) is 5.73. The number of likely N-dealkylation sites (tertiary alicyclic amines) is 1. The van der Waals surface area contributed by atoms with Crippen molar-refractivity contribution in [1.29, 1.82) is 0 Å². The number of amides is 1. The molecule has 1 fully saturated rings. The van der Waals surface area contributed by atoms with E-state index in [0.717, 1.165) is 32.4 Å². The first-order valence-electron chi connectivity index (χ1n) is 8.46. The highest BCUT2D eigenvalue weighted by atomic mass is 16.2. The summed E-state index contributed by atoms with van der Waals surface area (Å²) >= 11 is 0. The fourth-order valence-electron chi connectivity index (χ4n) is 2.57. The molecule has 1 heterocycles. The Morgan fingerprint density at radius 1 is 0.950 bits per heavy atom. The molecular weight excluding hydrogens is 246 g/mol. The molecule has 0 atom stereocenters. The van der Waals surface area contributed by atoms with Crippen LogP contribution in [0.15, 0.2) is 24.3 Å². The van der Waals surface area contributed by atoms with Crippen LogP contribution in [0, 0.1) is 0 Å². The topological polar surface area (TPSA) is 20.3 Å². The Morgan fingerprint density at radius 3 is 2.30 bits per heavy atom. The number of carbonyl (C=O) groups excluding carboxylic acids is 1. The molecule has 0 saturated carbocycles. The van der Waals surface area contributed by atoms with Crippen LogP contribution in [-0.4, -0.2) is 23.9 Å². The number of allylic oxidation sites excluding steroid dienone is 3. The Hall–Kier alpha value is -1.05. The fraction of sp³-hybridized carbons (Fsp3) is 0.722. The zero-order valence-corrected chi connectivity index (χ0v) is 13.2. The molecule has 20 heavy (non-hydrogen) atoms. The SMILES string of the molecule is CCCCCCCCC/C=C/C=C/C(=O)N1CCCC1. The summed E-state index contributed by atoms with van der Waals surface area (Å²) in [5, 5.41) is 0. The molecule has 0 N–H and O–H groups in total. The number of hydrogen-bond acceptors (Lipinski definition) is 1. The summed E-state index contributed by atoms with van der Waals surface area (Å²) in [5.41, 5.74) is 0. The van der Waals surface area contributed by atoms with Gasteiger partial charge in [-0.1, -0.05) is 63.7 Å². The van der Waals surface area contributed by atoms with Crippen molar-refractivity contribution in [3.05, 3.63) is 24.3 Å². The van der Waals surface area contributed by atoms with Gasteiger partial charge in [-0.2, -0.15) is 0 Å². The van der Waals surface area contributed by atoms with Crippen molar-refractivity contribution in [2.24, 2.45) is 0 Å². The highest BCUT2D eigenvalue weighted by Crippen LogP contribution is 2.09. The van der Waals surface area contributed by atoms with Gasteiger partial charge < -0.3 is 4.90 Å². The van der Waals surface area contributed by atoms with Gasteiger partial charge in [0.2, 0.25) is 5.91 Å². The average molecular weight is 277 g/mol. The molecule has 0 aromatic heterocycles. The Labute approximate surface area is 124 Å². The number of hydrogen-bond donors (Lipinski definition) is 0. The van der Waals surface area contributed by atoms with Gasteiger partial charge in [-0.25, -0.2) is 0 Å². The summed E-state index contributed by atoms with van der Waals surface area (Å²) in [6, 6.07) is 0. The summed E-state index contributed by atoms with van der Waals surface area (Å²) in [4.78, 5) is 13.6. The van der Waals surface area contributed by atoms with Crippen molar-refractivity contribution < 1.29 is 4.79 Å². The first kappa shape index (κ1) is 17.0. The van der Waals surface area contributed by atoms with Gasteiger partial charge in [0.1, 0.15) is 0 Å². The molecule has 1 saturated heterocycles. The first-order chi connectivity index (χ1) is 9.84. The molecule has 1 aliphatic heterocycles. The molecule has 1 amide bonds. The van der Waals surface area contributed by atoms with E-state index in [4.69, 9.17) is 0 Å². The lowest BCUT2D eigenvalue weighted by atomic mass is 10.1. The fourth-order valence-corrected chi connectivity index (χ4v) is 2.57. The van der Waals surface area contributed by atoms with E-state index in [1.165, 1.54) is 44.9 Å². The normalized spacial score (nSPS) is 15.8. The van der Waals surface area contributed by atoms with Gasteiger partial charge in [0.05, 0.1) is 0 Å². The van der Waals surface area contributed by atoms with E-state index in [0.29, 0.717) is 0 Å². The molecule has 0 aromatic carbocycles. The zero-order valence-electron chi connectivity index (χ0n) is 13.2. The molecule has 0 unspecified atom stereocenters. The summed E-state index contributed by atoms with van der Waals surface area (Å²) in [5.74, 6) is 0.170. The van der Waals surface area contributed by atoms with Crippen LogP contribution in [0.1, 0.15) is 71.1 Å². The lowest BCUT2D eigenvalue weighted by Crippen LogP contribution is -2.25. The van der Waals surface area contributed by atoms with Crippen molar-refractivity contribution in [3.8, 4) is 0 Å². The molecule has 0 radical (unpaired) electrons. The van der Waals surface area contributed by atoms with Crippen LogP contribution in [0.4, 0.5) is 0 Å². The summed E-state index contributed by atoms with van der Waals surface area (Å²) in [7, 11) is 0.